The fourth-order valence-corrected chi connectivity index (χ4v) is 1.19. The number of rotatable bonds is 4. The van der Waals surface area contributed by atoms with Crippen molar-refractivity contribution < 1.29 is 13.2 Å². The zero-order chi connectivity index (χ0) is 12.9. The van der Waals surface area contributed by atoms with Gasteiger partial charge in [-0.2, -0.15) is 18.4 Å². The van der Waals surface area contributed by atoms with Crippen LogP contribution in [0.1, 0.15) is 24.2 Å². The number of aromatic nitrogens is 2. The molecule has 1 rings (SSSR count). The molecule has 0 radical (unpaired) electrons. The molecule has 0 aliphatic carbocycles. The van der Waals surface area contributed by atoms with Crippen molar-refractivity contribution in [1.82, 2.24) is 9.97 Å². The molecule has 1 N–H and O–H groups in total. The van der Waals surface area contributed by atoms with E-state index in [4.69, 9.17) is 5.26 Å². The topological polar surface area (TPSA) is 61.6 Å². The normalized spacial score (nSPS) is 11.0. The third-order valence-corrected chi connectivity index (χ3v) is 1.89. The smallest absolute Gasteiger partial charge is 0.354 e. The highest BCUT2D eigenvalue weighted by Crippen LogP contribution is 2.20. The van der Waals surface area contributed by atoms with Crippen molar-refractivity contribution in [3.8, 4) is 6.07 Å². The Hall–Kier alpha value is -1.84. The molecule has 0 unspecified atom stereocenters. The molecular formula is C10H11F3N4. The predicted molar refractivity (Wildman–Crippen MR) is 55.3 cm³/mol. The summed E-state index contributed by atoms with van der Waals surface area (Å²) in [6.07, 6.45) is -5.05. The molecule has 0 spiro atoms. The summed E-state index contributed by atoms with van der Waals surface area (Å²) in [5.74, 6) is 0.184. The molecular weight excluding hydrogens is 233 g/mol. The average Bonchev–Trinajstić information content (AvgIpc) is 2.22. The lowest BCUT2D eigenvalue weighted by Gasteiger charge is -2.07. The van der Waals surface area contributed by atoms with E-state index >= 15 is 0 Å². The summed E-state index contributed by atoms with van der Waals surface area (Å²) in [6.45, 7) is 1.80. The third kappa shape index (κ3) is 5.15. The number of halogens is 3. The average molecular weight is 244 g/mol. The van der Waals surface area contributed by atoms with E-state index < -0.39 is 12.6 Å². The third-order valence-electron chi connectivity index (χ3n) is 1.89. The second kappa shape index (κ2) is 5.48. The summed E-state index contributed by atoms with van der Waals surface area (Å²) in [5.41, 5.74) is 0.783. The lowest BCUT2D eigenvalue weighted by atomic mass is 10.3. The van der Waals surface area contributed by atoms with E-state index in [1.807, 2.05) is 6.07 Å². The van der Waals surface area contributed by atoms with Gasteiger partial charge >= 0.3 is 6.18 Å². The highest BCUT2D eigenvalue weighted by atomic mass is 19.4. The van der Waals surface area contributed by atoms with Gasteiger partial charge in [-0.1, -0.05) is 0 Å². The van der Waals surface area contributed by atoms with Gasteiger partial charge in [-0.15, -0.1) is 0 Å². The van der Waals surface area contributed by atoms with E-state index in [0.29, 0.717) is 5.69 Å². The second-order valence-corrected chi connectivity index (χ2v) is 3.48. The Bertz CT molecular complexity index is 423. The Morgan fingerprint density at radius 3 is 2.71 bits per heavy atom. The van der Waals surface area contributed by atoms with Crippen molar-refractivity contribution in [2.24, 2.45) is 0 Å². The van der Waals surface area contributed by atoms with Crippen LogP contribution in [-0.2, 0) is 0 Å². The molecule has 7 heteroatoms. The molecule has 0 bridgehead atoms. The molecule has 0 aromatic carbocycles. The summed E-state index contributed by atoms with van der Waals surface area (Å²) < 4.78 is 35.6. The Kier molecular flexibility index (Phi) is 4.26. The zero-order valence-electron chi connectivity index (χ0n) is 9.17. The van der Waals surface area contributed by atoms with Crippen molar-refractivity contribution in [3.05, 3.63) is 17.5 Å². The van der Waals surface area contributed by atoms with Gasteiger partial charge in [-0.25, -0.2) is 9.97 Å². The number of nitrogens with one attached hydrogen (secondary N) is 1. The highest BCUT2D eigenvalue weighted by molar-refractivity contribution is 5.32. The van der Waals surface area contributed by atoms with E-state index in [1.54, 1.807) is 6.92 Å². The largest absolute Gasteiger partial charge is 0.389 e. The summed E-state index contributed by atoms with van der Waals surface area (Å²) >= 11 is 0. The number of aryl methyl sites for hydroxylation is 1. The quantitative estimate of drug-likeness (QED) is 0.826. The number of hydrogen-bond donors (Lipinski definition) is 1. The van der Waals surface area contributed by atoms with Gasteiger partial charge in [0, 0.05) is 18.7 Å². The molecule has 17 heavy (non-hydrogen) atoms. The van der Waals surface area contributed by atoms with Crippen LogP contribution in [0.3, 0.4) is 0 Å². The van der Waals surface area contributed by atoms with Gasteiger partial charge < -0.3 is 5.32 Å². The minimum absolute atomic E-state index is 0.0529. The number of nitrogens with zero attached hydrogens (tertiary/aromatic N) is 3. The van der Waals surface area contributed by atoms with Crippen LogP contribution in [0.4, 0.5) is 19.1 Å². The van der Waals surface area contributed by atoms with Crippen molar-refractivity contribution in [2.75, 3.05) is 11.9 Å². The Balaban J connectivity index is 2.47. The van der Waals surface area contributed by atoms with Gasteiger partial charge in [0.15, 0.2) is 0 Å². The Morgan fingerprint density at radius 2 is 2.12 bits per heavy atom. The first-order valence-electron chi connectivity index (χ1n) is 4.97. The number of anilines is 1. The van der Waals surface area contributed by atoms with E-state index in [9.17, 15) is 13.2 Å². The molecule has 0 fully saturated rings. The van der Waals surface area contributed by atoms with Gasteiger partial charge in [-0.3, -0.25) is 0 Å². The minimum atomic E-state index is -4.15. The molecule has 0 aliphatic rings. The summed E-state index contributed by atoms with van der Waals surface area (Å²) in [7, 11) is 0. The van der Waals surface area contributed by atoms with Crippen LogP contribution in [-0.4, -0.2) is 22.7 Å². The first-order chi connectivity index (χ1) is 7.90. The van der Waals surface area contributed by atoms with E-state index in [2.05, 4.69) is 15.3 Å². The van der Waals surface area contributed by atoms with Gasteiger partial charge in [-0.05, 0) is 19.4 Å². The molecule has 1 aromatic rings. The van der Waals surface area contributed by atoms with Gasteiger partial charge in [0.25, 0.3) is 0 Å². The molecule has 92 valence electrons. The van der Waals surface area contributed by atoms with E-state index in [-0.39, 0.29) is 24.6 Å². The van der Waals surface area contributed by atoms with E-state index in [1.165, 1.54) is 6.07 Å². The van der Waals surface area contributed by atoms with Gasteiger partial charge in [0.1, 0.15) is 11.8 Å². The Morgan fingerprint density at radius 1 is 1.41 bits per heavy atom. The molecule has 1 aromatic heterocycles. The van der Waals surface area contributed by atoms with Crippen molar-refractivity contribution in [3.63, 3.8) is 0 Å². The first-order valence-corrected chi connectivity index (χ1v) is 4.97. The van der Waals surface area contributed by atoms with Crippen LogP contribution in [0.25, 0.3) is 0 Å². The molecule has 0 amide bonds. The van der Waals surface area contributed by atoms with Gasteiger partial charge in [0.2, 0.25) is 5.95 Å². The maximum Gasteiger partial charge on any atom is 0.389 e. The van der Waals surface area contributed by atoms with Crippen molar-refractivity contribution in [2.45, 2.75) is 25.9 Å². The maximum absolute atomic E-state index is 11.9. The zero-order valence-corrected chi connectivity index (χ0v) is 9.17. The van der Waals surface area contributed by atoms with Crippen LogP contribution in [0.15, 0.2) is 6.07 Å². The van der Waals surface area contributed by atoms with Crippen molar-refractivity contribution in [1.29, 1.82) is 5.26 Å². The highest BCUT2D eigenvalue weighted by Gasteiger charge is 2.25. The Labute approximate surface area is 96.5 Å². The SMILES string of the molecule is Cc1cc(C#N)nc(NCCCC(F)(F)F)n1. The minimum Gasteiger partial charge on any atom is -0.354 e. The number of alkyl halides is 3. The second-order valence-electron chi connectivity index (χ2n) is 3.48. The van der Waals surface area contributed by atoms with Crippen molar-refractivity contribution >= 4 is 5.95 Å². The van der Waals surface area contributed by atoms with Crippen LogP contribution < -0.4 is 5.32 Å². The summed E-state index contributed by atoms with van der Waals surface area (Å²) in [4.78, 5) is 7.78. The molecule has 0 saturated heterocycles. The number of nitriles is 1. The molecule has 4 nitrogen and oxygen atoms in total. The standard InChI is InChI=1S/C10H11F3N4/c1-7-5-8(6-14)17-9(16-7)15-4-2-3-10(11,12)13/h5H,2-4H2,1H3,(H,15,16,17). The maximum atomic E-state index is 11.9. The monoisotopic (exact) mass is 244 g/mol. The van der Waals surface area contributed by atoms with Crippen LogP contribution in [0, 0.1) is 18.3 Å². The van der Waals surface area contributed by atoms with Crippen LogP contribution in [0.5, 0.6) is 0 Å². The lowest BCUT2D eigenvalue weighted by molar-refractivity contribution is -0.134. The molecule has 1 heterocycles. The van der Waals surface area contributed by atoms with Gasteiger partial charge in [0.05, 0.1) is 0 Å². The lowest BCUT2D eigenvalue weighted by Crippen LogP contribution is -2.12. The summed E-state index contributed by atoms with van der Waals surface area (Å²) in [6, 6.07) is 3.35. The van der Waals surface area contributed by atoms with E-state index in [0.717, 1.165) is 0 Å². The fraction of sp³-hybridized carbons (Fsp3) is 0.500. The fourth-order valence-electron chi connectivity index (χ4n) is 1.19. The van der Waals surface area contributed by atoms with Crippen LogP contribution in [0.2, 0.25) is 0 Å². The molecule has 0 atom stereocenters. The molecule has 0 saturated carbocycles. The van der Waals surface area contributed by atoms with Crippen LogP contribution >= 0.6 is 0 Å². The predicted octanol–water partition coefficient (Wildman–Crippen LogP) is 2.41. The molecule has 0 aliphatic heterocycles. The summed E-state index contributed by atoms with van der Waals surface area (Å²) in [5, 5.41) is 11.3. The first kappa shape index (κ1) is 13.2. The number of hydrogen-bond acceptors (Lipinski definition) is 4.